The molecule has 0 aromatic heterocycles. The van der Waals surface area contributed by atoms with Crippen molar-refractivity contribution in [3.63, 3.8) is 0 Å². The molecule has 1 N–H and O–H groups in total. The van der Waals surface area contributed by atoms with E-state index in [9.17, 15) is 0 Å². The second kappa shape index (κ2) is 19.8. The molecule has 0 spiro atoms. The van der Waals surface area contributed by atoms with Gasteiger partial charge in [0.25, 0.3) is 0 Å². The van der Waals surface area contributed by atoms with Crippen LogP contribution in [0.1, 0.15) is 34.6 Å². The van der Waals surface area contributed by atoms with E-state index in [1.807, 2.05) is 54.6 Å². The van der Waals surface area contributed by atoms with Crippen molar-refractivity contribution in [2.24, 2.45) is 0 Å². The highest BCUT2D eigenvalue weighted by atomic mass is 16.5. The maximum Gasteiger partial charge on any atom is 0.203 e. The quantitative estimate of drug-likeness (QED) is 0.100. The predicted molar refractivity (Wildman–Crippen MR) is 198 cm³/mol. The van der Waals surface area contributed by atoms with Gasteiger partial charge in [-0.3, -0.25) is 0 Å². The maximum atomic E-state index is 6.66. The van der Waals surface area contributed by atoms with Crippen LogP contribution in [0.5, 0.6) is 40.2 Å². The van der Waals surface area contributed by atoms with E-state index in [1.54, 1.807) is 42.7 Å². The van der Waals surface area contributed by atoms with Crippen LogP contribution in [0.15, 0.2) is 78.9 Å². The van der Waals surface area contributed by atoms with Crippen LogP contribution in [-0.2, 0) is 34.0 Å². The van der Waals surface area contributed by atoms with Crippen molar-refractivity contribution in [3.8, 4) is 40.2 Å². The van der Waals surface area contributed by atoms with Crippen LogP contribution in [0.3, 0.4) is 0 Å². The van der Waals surface area contributed by atoms with E-state index in [0.717, 1.165) is 34.4 Å². The first-order valence-corrected chi connectivity index (χ1v) is 17.4. The van der Waals surface area contributed by atoms with Crippen LogP contribution < -0.4 is 38.5 Å². The van der Waals surface area contributed by atoms with Crippen molar-refractivity contribution >= 4 is 0 Å². The molecule has 4 aromatic rings. The van der Waals surface area contributed by atoms with Gasteiger partial charge in [-0.1, -0.05) is 42.5 Å². The number of piperidine rings is 1. The van der Waals surface area contributed by atoms with Crippen molar-refractivity contribution in [3.05, 3.63) is 101 Å². The zero-order valence-electron chi connectivity index (χ0n) is 31.0. The molecule has 0 amide bonds. The summed E-state index contributed by atoms with van der Waals surface area (Å²) in [5, 5.41) is 3.53. The number of hydrogen-bond acceptors (Lipinski definition) is 11. The van der Waals surface area contributed by atoms with Gasteiger partial charge in [0, 0.05) is 25.4 Å². The Kier molecular flexibility index (Phi) is 14.7. The molecule has 1 fully saturated rings. The first-order valence-electron chi connectivity index (χ1n) is 17.4. The highest BCUT2D eigenvalue weighted by Crippen LogP contribution is 2.40. The van der Waals surface area contributed by atoms with Gasteiger partial charge in [-0.25, -0.2) is 0 Å². The first kappa shape index (κ1) is 38.5. The molecule has 4 aromatic carbocycles. The summed E-state index contributed by atoms with van der Waals surface area (Å²) in [6.07, 6.45) is 0.356. The minimum atomic E-state index is -0.216. The van der Waals surface area contributed by atoms with E-state index in [4.69, 9.17) is 47.4 Å². The number of hydrogen-bond donors (Lipinski definition) is 1. The summed E-state index contributed by atoms with van der Waals surface area (Å²) in [5.41, 5.74) is 4.04. The molecule has 0 saturated carbocycles. The number of nitrogens with one attached hydrogen (secondary N) is 1. The normalized spacial score (nSPS) is 15.9. The molecule has 0 unspecified atom stereocenters. The molecule has 2 atom stereocenters. The lowest BCUT2D eigenvalue weighted by molar-refractivity contribution is -0.0651. The molecule has 0 aliphatic carbocycles. The van der Waals surface area contributed by atoms with Crippen LogP contribution in [0, 0.1) is 0 Å². The lowest BCUT2D eigenvalue weighted by atomic mass is 9.85. The molecule has 1 saturated heterocycles. The first-order chi connectivity index (χ1) is 25.5. The van der Waals surface area contributed by atoms with E-state index in [-0.39, 0.29) is 18.1 Å². The lowest BCUT2D eigenvalue weighted by Gasteiger charge is -2.39. The van der Waals surface area contributed by atoms with E-state index in [1.165, 1.54) is 0 Å². The number of benzene rings is 4. The molecule has 52 heavy (non-hydrogen) atoms. The predicted octanol–water partition coefficient (Wildman–Crippen LogP) is 6.58. The van der Waals surface area contributed by atoms with E-state index in [0.29, 0.717) is 80.6 Å². The highest BCUT2D eigenvalue weighted by Gasteiger charge is 2.36. The van der Waals surface area contributed by atoms with E-state index >= 15 is 0 Å². The maximum absolute atomic E-state index is 6.66. The van der Waals surface area contributed by atoms with Crippen molar-refractivity contribution < 1.29 is 47.4 Å². The molecule has 11 heteroatoms. The lowest BCUT2D eigenvalue weighted by Crippen LogP contribution is -2.50. The third-order valence-corrected chi connectivity index (χ3v) is 8.95. The van der Waals surface area contributed by atoms with E-state index < -0.39 is 0 Å². The Balaban J connectivity index is 1.29. The Morgan fingerprint density at radius 1 is 0.538 bits per heavy atom. The van der Waals surface area contributed by atoms with Gasteiger partial charge in [0.15, 0.2) is 23.0 Å². The Bertz CT molecular complexity index is 1540. The Morgan fingerprint density at radius 3 is 1.50 bits per heavy atom. The Labute approximate surface area is 306 Å². The molecule has 1 aliphatic rings. The third kappa shape index (κ3) is 10.0. The standard InChI is InChI=1S/C41H51NO10/c1-43-33-19-29(20-34(44-2)40(33)47-5)26-51-37-23-42-24-38(52-27-30-21-35(45-3)41(48-6)36(22-30)46-4)39(37)31-13-15-32(16-14-31)50-18-10-17-49-25-28-11-8-7-9-12-28/h7-9,11-16,19-22,37-39,42H,10,17-18,23-27H2,1-6H3/t37-,38-/m0/s1. The molecule has 1 heterocycles. The van der Waals surface area contributed by atoms with E-state index in [2.05, 4.69) is 29.6 Å². The fourth-order valence-electron chi connectivity index (χ4n) is 6.36. The van der Waals surface area contributed by atoms with Gasteiger partial charge in [-0.2, -0.15) is 0 Å². The van der Waals surface area contributed by atoms with Gasteiger partial charge in [-0.05, 0) is 58.7 Å². The summed E-state index contributed by atoms with van der Waals surface area (Å²) in [6, 6.07) is 26.0. The second-order valence-corrected chi connectivity index (χ2v) is 12.3. The van der Waals surface area contributed by atoms with Gasteiger partial charge < -0.3 is 52.7 Å². The number of methoxy groups -OCH3 is 6. The zero-order valence-corrected chi connectivity index (χ0v) is 31.0. The fraction of sp³-hybridized carbons (Fsp3) is 0.415. The minimum absolute atomic E-state index is 0.0919. The van der Waals surface area contributed by atoms with Crippen LogP contribution >= 0.6 is 0 Å². The molecule has 0 bridgehead atoms. The molecular weight excluding hydrogens is 666 g/mol. The summed E-state index contributed by atoms with van der Waals surface area (Å²) in [6.45, 7) is 3.71. The summed E-state index contributed by atoms with van der Waals surface area (Å²) >= 11 is 0. The number of ether oxygens (including phenoxy) is 10. The molecule has 11 nitrogen and oxygen atoms in total. The summed E-state index contributed by atoms with van der Waals surface area (Å²) < 4.78 is 58.5. The third-order valence-electron chi connectivity index (χ3n) is 8.95. The van der Waals surface area contributed by atoms with Crippen LogP contribution in [0.4, 0.5) is 0 Å². The van der Waals surface area contributed by atoms with Crippen LogP contribution in [-0.4, -0.2) is 81.2 Å². The molecule has 0 radical (unpaired) electrons. The van der Waals surface area contributed by atoms with Gasteiger partial charge in [0.05, 0.1) is 87.9 Å². The van der Waals surface area contributed by atoms with Crippen molar-refractivity contribution in [2.75, 3.05) is 69.0 Å². The SMILES string of the molecule is COc1cc(CO[C@H]2CNC[C@H](OCc3cc(OC)c(OC)c(OC)c3)C2c2ccc(OCCCOCc3ccccc3)cc2)cc(OC)c1OC. The average molecular weight is 718 g/mol. The smallest absolute Gasteiger partial charge is 0.203 e. The largest absolute Gasteiger partial charge is 0.494 e. The highest BCUT2D eigenvalue weighted by molar-refractivity contribution is 5.54. The van der Waals surface area contributed by atoms with Gasteiger partial charge in [0.2, 0.25) is 11.5 Å². The Morgan fingerprint density at radius 2 is 1.04 bits per heavy atom. The van der Waals surface area contributed by atoms with Crippen molar-refractivity contribution in [2.45, 2.75) is 44.4 Å². The van der Waals surface area contributed by atoms with Crippen LogP contribution in [0.2, 0.25) is 0 Å². The molecule has 5 rings (SSSR count). The van der Waals surface area contributed by atoms with Crippen molar-refractivity contribution in [1.82, 2.24) is 5.32 Å². The zero-order chi connectivity index (χ0) is 36.7. The molecule has 280 valence electrons. The topological polar surface area (TPSA) is 104 Å². The monoisotopic (exact) mass is 717 g/mol. The van der Waals surface area contributed by atoms with Gasteiger partial charge >= 0.3 is 0 Å². The average Bonchev–Trinajstić information content (AvgIpc) is 3.20. The van der Waals surface area contributed by atoms with Gasteiger partial charge in [0.1, 0.15) is 5.75 Å². The summed E-state index contributed by atoms with van der Waals surface area (Å²) in [7, 11) is 9.59. The molecular formula is C41H51NO10. The minimum Gasteiger partial charge on any atom is -0.494 e. The summed E-state index contributed by atoms with van der Waals surface area (Å²) in [4.78, 5) is 0. The molecule has 1 aliphatic heterocycles. The Hall–Kier alpha value is -4.68. The van der Waals surface area contributed by atoms with Gasteiger partial charge in [-0.15, -0.1) is 0 Å². The second-order valence-electron chi connectivity index (χ2n) is 12.3. The number of rotatable bonds is 20. The summed E-state index contributed by atoms with van der Waals surface area (Å²) in [5.74, 6) is 4.07. The fourth-order valence-corrected chi connectivity index (χ4v) is 6.36. The van der Waals surface area contributed by atoms with Crippen molar-refractivity contribution in [1.29, 1.82) is 0 Å². The van der Waals surface area contributed by atoms with Crippen LogP contribution in [0.25, 0.3) is 0 Å².